The quantitative estimate of drug-likeness (QED) is 0.609. The van der Waals surface area contributed by atoms with Gasteiger partial charge in [-0.15, -0.1) is 0 Å². The zero-order chi connectivity index (χ0) is 14.5. The fraction of sp³-hybridized carbons (Fsp3) is 0.800. The molecule has 1 heterocycles. The molecule has 1 unspecified atom stereocenters. The van der Waals surface area contributed by atoms with Crippen LogP contribution in [0.15, 0.2) is 0 Å². The molecule has 110 valence electrons. The summed E-state index contributed by atoms with van der Waals surface area (Å²) >= 11 is 0. The summed E-state index contributed by atoms with van der Waals surface area (Å²) in [6.07, 6.45) is 1.58. The number of carboxylic acid groups (broad SMARTS) is 1. The second kappa shape index (κ2) is 6.71. The lowest BCUT2D eigenvalue weighted by atomic mass is 9.95. The van der Waals surface area contributed by atoms with Crippen LogP contribution < -0.4 is 10.5 Å². The van der Waals surface area contributed by atoms with Gasteiger partial charge in [0, 0.05) is 26.1 Å². The topological polar surface area (TPSA) is 130 Å². The molecule has 0 aromatic carbocycles. The maximum atomic E-state index is 11.7. The summed E-state index contributed by atoms with van der Waals surface area (Å²) in [4.78, 5) is 23.9. The van der Waals surface area contributed by atoms with Gasteiger partial charge in [-0.05, 0) is 18.8 Å². The van der Waals surface area contributed by atoms with Gasteiger partial charge in [-0.2, -0.15) is 0 Å². The van der Waals surface area contributed by atoms with E-state index in [0.29, 0.717) is 13.1 Å². The number of hydrogen-bond acceptors (Lipinski definition) is 4. The lowest BCUT2D eigenvalue weighted by Gasteiger charge is -2.32. The Morgan fingerprint density at radius 2 is 2.11 bits per heavy atom. The van der Waals surface area contributed by atoms with E-state index in [1.807, 2.05) is 0 Å². The van der Waals surface area contributed by atoms with Crippen LogP contribution in [0.1, 0.15) is 19.3 Å². The first kappa shape index (κ1) is 15.7. The Bertz CT molecular complexity index is 436. The predicted molar refractivity (Wildman–Crippen MR) is 67.9 cm³/mol. The van der Waals surface area contributed by atoms with E-state index in [0.717, 1.165) is 12.8 Å². The highest BCUT2D eigenvalue weighted by molar-refractivity contribution is 7.89. The molecule has 0 radical (unpaired) electrons. The molecule has 0 aromatic heterocycles. The first-order valence-corrected chi connectivity index (χ1v) is 7.74. The Balaban J connectivity index is 2.37. The maximum absolute atomic E-state index is 11.7. The molecule has 9 heteroatoms. The maximum Gasteiger partial charge on any atom is 0.317 e. The van der Waals surface area contributed by atoms with Crippen molar-refractivity contribution in [2.45, 2.75) is 19.3 Å². The van der Waals surface area contributed by atoms with Crippen molar-refractivity contribution in [3.63, 3.8) is 0 Å². The average Bonchev–Trinajstić information content (AvgIpc) is 2.26. The van der Waals surface area contributed by atoms with Crippen LogP contribution in [-0.4, -0.2) is 55.8 Å². The number of nitrogens with one attached hydrogen (secondary N) is 1. The molecule has 1 aliphatic rings. The molecule has 2 amide bonds. The zero-order valence-electron chi connectivity index (χ0n) is 10.5. The molecule has 1 rings (SSSR count). The number of aliphatic carboxylic acids is 1. The van der Waals surface area contributed by atoms with Crippen molar-refractivity contribution in [1.29, 1.82) is 0 Å². The van der Waals surface area contributed by atoms with Gasteiger partial charge in [-0.1, -0.05) is 0 Å². The minimum atomic E-state index is -3.59. The first-order valence-electron chi connectivity index (χ1n) is 6.03. The van der Waals surface area contributed by atoms with E-state index in [1.54, 1.807) is 0 Å². The Morgan fingerprint density at radius 3 is 2.68 bits per heavy atom. The van der Waals surface area contributed by atoms with Gasteiger partial charge in [0.1, 0.15) is 0 Å². The summed E-state index contributed by atoms with van der Waals surface area (Å²) in [5, 5.41) is 16.0. The van der Waals surface area contributed by atoms with Crippen molar-refractivity contribution in [2.24, 2.45) is 11.1 Å². The number of nitrogens with zero attached hydrogens (tertiary/aromatic N) is 1. The molecule has 1 aliphatic heterocycles. The number of nitrogens with two attached hydrogens (primary N) is 1. The third-order valence-electron chi connectivity index (χ3n) is 2.93. The standard InChI is InChI=1S/C10H19N3O5S/c11-19(17,18)5-3-12-10(16)13-4-1-2-8(7-13)6-9(14)15/h8H,1-7H2,(H,12,16)(H,14,15)(H2,11,17,18). The molecule has 1 fully saturated rings. The number of primary sulfonamides is 1. The Labute approximate surface area is 112 Å². The van der Waals surface area contributed by atoms with E-state index in [4.69, 9.17) is 10.2 Å². The molecule has 0 aromatic rings. The van der Waals surface area contributed by atoms with E-state index in [2.05, 4.69) is 5.32 Å². The second-order valence-corrected chi connectivity index (χ2v) is 6.39. The summed E-state index contributed by atoms with van der Waals surface area (Å²) in [5.74, 6) is -1.23. The van der Waals surface area contributed by atoms with Crippen LogP contribution in [0, 0.1) is 5.92 Å². The Kier molecular flexibility index (Phi) is 5.55. The van der Waals surface area contributed by atoms with Gasteiger partial charge in [-0.25, -0.2) is 18.4 Å². The number of carbonyl (C=O) groups excluding carboxylic acids is 1. The largest absolute Gasteiger partial charge is 0.481 e. The van der Waals surface area contributed by atoms with Gasteiger partial charge < -0.3 is 15.3 Å². The highest BCUT2D eigenvalue weighted by atomic mass is 32.2. The highest BCUT2D eigenvalue weighted by Crippen LogP contribution is 2.19. The van der Waals surface area contributed by atoms with Crippen LogP contribution in [0.5, 0.6) is 0 Å². The van der Waals surface area contributed by atoms with Crippen LogP contribution in [-0.2, 0) is 14.8 Å². The fourth-order valence-corrected chi connectivity index (χ4v) is 2.46. The van der Waals surface area contributed by atoms with Crippen molar-refractivity contribution in [3.8, 4) is 0 Å². The monoisotopic (exact) mass is 293 g/mol. The molecule has 4 N–H and O–H groups in total. The molecule has 0 spiro atoms. The van der Waals surface area contributed by atoms with E-state index in [1.165, 1.54) is 4.90 Å². The van der Waals surface area contributed by atoms with Gasteiger partial charge >= 0.3 is 12.0 Å². The van der Waals surface area contributed by atoms with E-state index in [9.17, 15) is 18.0 Å². The van der Waals surface area contributed by atoms with Crippen LogP contribution in [0.2, 0.25) is 0 Å². The lowest BCUT2D eigenvalue weighted by molar-refractivity contribution is -0.138. The fourth-order valence-electron chi connectivity index (χ4n) is 2.08. The van der Waals surface area contributed by atoms with Crippen LogP contribution in [0.4, 0.5) is 4.79 Å². The average molecular weight is 293 g/mol. The molecule has 19 heavy (non-hydrogen) atoms. The minimum absolute atomic E-state index is 0.0426. The van der Waals surface area contributed by atoms with Crippen molar-refractivity contribution >= 4 is 22.0 Å². The van der Waals surface area contributed by atoms with Crippen molar-refractivity contribution in [3.05, 3.63) is 0 Å². The van der Waals surface area contributed by atoms with Crippen LogP contribution in [0.25, 0.3) is 0 Å². The molecule has 1 saturated heterocycles. The number of rotatable bonds is 5. The van der Waals surface area contributed by atoms with Gasteiger partial charge in [0.2, 0.25) is 10.0 Å². The Hall–Kier alpha value is -1.35. The van der Waals surface area contributed by atoms with Gasteiger partial charge in [0.05, 0.1) is 5.75 Å². The van der Waals surface area contributed by atoms with Gasteiger partial charge in [0.15, 0.2) is 0 Å². The number of carbonyl (C=O) groups is 2. The summed E-state index contributed by atoms with van der Waals surface area (Å²) in [6, 6.07) is -0.376. The third-order valence-corrected chi connectivity index (χ3v) is 3.71. The summed E-state index contributed by atoms with van der Waals surface area (Å²) < 4.78 is 21.4. The smallest absolute Gasteiger partial charge is 0.317 e. The van der Waals surface area contributed by atoms with Crippen LogP contribution in [0.3, 0.4) is 0 Å². The number of sulfonamides is 1. The summed E-state index contributed by atoms with van der Waals surface area (Å²) in [7, 11) is -3.59. The molecular weight excluding hydrogens is 274 g/mol. The normalized spacial score (nSPS) is 20.1. The molecular formula is C10H19N3O5S. The highest BCUT2D eigenvalue weighted by Gasteiger charge is 2.25. The number of hydrogen-bond donors (Lipinski definition) is 3. The van der Waals surface area contributed by atoms with Crippen LogP contribution >= 0.6 is 0 Å². The number of carboxylic acids is 1. The molecule has 8 nitrogen and oxygen atoms in total. The van der Waals surface area contributed by atoms with Crippen molar-refractivity contribution in [1.82, 2.24) is 10.2 Å². The molecule has 0 saturated carbocycles. The minimum Gasteiger partial charge on any atom is -0.481 e. The first-order chi connectivity index (χ1) is 8.78. The number of piperidine rings is 1. The number of amides is 2. The zero-order valence-corrected chi connectivity index (χ0v) is 11.4. The van der Waals surface area contributed by atoms with Gasteiger partial charge in [-0.3, -0.25) is 4.79 Å². The summed E-state index contributed by atoms with van der Waals surface area (Å²) in [5.41, 5.74) is 0. The number of urea groups is 1. The molecule has 0 bridgehead atoms. The van der Waals surface area contributed by atoms with E-state index < -0.39 is 16.0 Å². The Morgan fingerprint density at radius 1 is 1.42 bits per heavy atom. The summed E-state index contributed by atoms with van der Waals surface area (Å²) in [6.45, 7) is 0.891. The predicted octanol–water partition coefficient (Wildman–Crippen LogP) is -0.829. The third kappa shape index (κ3) is 6.39. The van der Waals surface area contributed by atoms with Gasteiger partial charge in [0.25, 0.3) is 0 Å². The van der Waals surface area contributed by atoms with E-state index >= 15 is 0 Å². The van der Waals surface area contributed by atoms with E-state index in [-0.39, 0.29) is 30.7 Å². The molecule has 1 atom stereocenters. The second-order valence-electron chi connectivity index (χ2n) is 4.65. The van der Waals surface area contributed by atoms with Crippen molar-refractivity contribution in [2.75, 3.05) is 25.4 Å². The lowest BCUT2D eigenvalue weighted by Crippen LogP contribution is -2.47. The number of likely N-dealkylation sites (tertiary alicyclic amines) is 1. The molecule has 0 aliphatic carbocycles. The van der Waals surface area contributed by atoms with Crippen molar-refractivity contribution < 1.29 is 23.1 Å². The SMILES string of the molecule is NS(=O)(=O)CCNC(=O)N1CCCC(CC(=O)O)C1.